The van der Waals surface area contributed by atoms with E-state index in [0.29, 0.717) is 11.6 Å². The number of nitrogens with one attached hydrogen (secondary N) is 2. The first-order valence-corrected chi connectivity index (χ1v) is 8.91. The molecule has 1 atom stereocenters. The van der Waals surface area contributed by atoms with Crippen molar-refractivity contribution in [1.29, 1.82) is 0 Å². The molecule has 0 unspecified atom stereocenters. The molecular weight excluding hydrogens is 328 g/mol. The van der Waals surface area contributed by atoms with Gasteiger partial charge in [-0.25, -0.2) is 9.97 Å². The second-order valence-electron chi connectivity index (χ2n) is 6.87. The van der Waals surface area contributed by atoms with E-state index in [1.54, 1.807) is 6.33 Å². The lowest BCUT2D eigenvalue weighted by molar-refractivity contribution is 0.406. The molecule has 132 valence electrons. The number of benzene rings is 1. The summed E-state index contributed by atoms with van der Waals surface area (Å²) < 4.78 is 0. The summed E-state index contributed by atoms with van der Waals surface area (Å²) in [6.45, 7) is 1.88. The number of nitrogens with zero attached hydrogens (tertiary/aromatic N) is 5. The summed E-state index contributed by atoms with van der Waals surface area (Å²) in [4.78, 5) is 26.5. The predicted molar refractivity (Wildman–Crippen MR) is 101 cm³/mol. The van der Waals surface area contributed by atoms with Gasteiger partial charge in [0, 0.05) is 19.5 Å². The molecule has 4 aromatic rings. The van der Waals surface area contributed by atoms with Crippen molar-refractivity contribution in [3.63, 3.8) is 0 Å². The number of nitrogens with two attached hydrogens (primary N) is 1. The number of H-pyrrole nitrogens is 2. The molecular formula is C18H20N8. The van der Waals surface area contributed by atoms with Gasteiger partial charge in [0.15, 0.2) is 11.5 Å². The highest BCUT2D eigenvalue weighted by Crippen LogP contribution is 2.28. The fraction of sp³-hybridized carbons (Fsp3) is 0.333. The largest absolute Gasteiger partial charge is 0.368 e. The van der Waals surface area contributed by atoms with E-state index in [1.165, 1.54) is 6.42 Å². The molecule has 26 heavy (non-hydrogen) atoms. The van der Waals surface area contributed by atoms with Gasteiger partial charge < -0.3 is 20.6 Å². The Hall–Kier alpha value is -3.16. The van der Waals surface area contributed by atoms with Gasteiger partial charge in [0.05, 0.1) is 17.4 Å². The quantitative estimate of drug-likeness (QED) is 0.523. The number of aromatic amines is 2. The van der Waals surface area contributed by atoms with Gasteiger partial charge in [0.25, 0.3) is 0 Å². The van der Waals surface area contributed by atoms with Gasteiger partial charge in [-0.15, -0.1) is 0 Å². The number of rotatable bonds is 3. The molecule has 3 aromatic heterocycles. The fourth-order valence-corrected chi connectivity index (χ4v) is 3.86. The van der Waals surface area contributed by atoms with E-state index in [1.807, 2.05) is 18.2 Å². The predicted octanol–water partition coefficient (Wildman–Crippen LogP) is 2.27. The maximum Gasteiger partial charge on any atom is 0.224 e. The molecule has 8 nitrogen and oxygen atoms in total. The van der Waals surface area contributed by atoms with Crippen molar-refractivity contribution >= 4 is 34.0 Å². The van der Waals surface area contributed by atoms with Crippen LogP contribution in [0.15, 0.2) is 30.6 Å². The Morgan fingerprint density at radius 3 is 3.04 bits per heavy atom. The van der Waals surface area contributed by atoms with Crippen molar-refractivity contribution in [3.05, 3.63) is 36.4 Å². The minimum atomic E-state index is 0.263. The average Bonchev–Trinajstić information content (AvgIpc) is 3.27. The zero-order valence-corrected chi connectivity index (χ0v) is 14.3. The number of imidazole rings is 2. The first-order chi connectivity index (χ1) is 12.8. The summed E-state index contributed by atoms with van der Waals surface area (Å²) >= 11 is 0. The van der Waals surface area contributed by atoms with Crippen LogP contribution in [0.4, 0.5) is 11.8 Å². The third-order valence-electron chi connectivity index (χ3n) is 5.02. The summed E-state index contributed by atoms with van der Waals surface area (Å²) in [5.74, 6) is 2.67. The van der Waals surface area contributed by atoms with Crippen LogP contribution in [0.25, 0.3) is 22.2 Å². The smallest absolute Gasteiger partial charge is 0.224 e. The molecule has 1 aliphatic heterocycles. The Labute approximate surface area is 149 Å². The number of anilines is 2. The highest BCUT2D eigenvalue weighted by Gasteiger charge is 2.24. The van der Waals surface area contributed by atoms with Crippen LogP contribution in [0.2, 0.25) is 0 Å². The number of hydrogen-bond acceptors (Lipinski definition) is 6. The van der Waals surface area contributed by atoms with Crippen LogP contribution in [0.1, 0.15) is 18.7 Å². The van der Waals surface area contributed by atoms with Crippen molar-refractivity contribution in [2.75, 3.05) is 23.7 Å². The third-order valence-corrected chi connectivity index (χ3v) is 5.02. The molecule has 0 aliphatic carbocycles. The van der Waals surface area contributed by atoms with Crippen molar-refractivity contribution in [1.82, 2.24) is 29.9 Å². The van der Waals surface area contributed by atoms with Crippen LogP contribution in [0, 0.1) is 5.92 Å². The van der Waals surface area contributed by atoms with E-state index in [4.69, 9.17) is 10.7 Å². The zero-order chi connectivity index (χ0) is 17.5. The monoisotopic (exact) mass is 348 g/mol. The number of piperidine rings is 1. The Morgan fingerprint density at radius 1 is 1.19 bits per heavy atom. The molecule has 0 amide bonds. The molecule has 1 aliphatic rings. The van der Waals surface area contributed by atoms with Gasteiger partial charge in [0.2, 0.25) is 5.95 Å². The van der Waals surface area contributed by atoms with E-state index >= 15 is 0 Å². The van der Waals surface area contributed by atoms with Gasteiger partial charge in [-0.05, 0) is 30.9 Å². The summed E-state index contributed by atoms with van der Waals surface area (Å²) in [7, 11) is 0. The van der Waals surface area contributed by atoms with Crippen molar-refractivity contribution in [2.45, 2.75) is 19.3 Å². The molecule has 1 saturated heterocycles. The SMILES string of the molecule is Nc1nc(N2CCC[C@H](Cc3nc4ccccc4[nH]3)C2)c2[nH]cnc2n1. The summed E-state index contributed by atoms with van der Waals surface area (Å²) in [6, 6.07) is 8.16. The van der Waals surface area contributed by atoms with E-state index in [9.17, 15) is 0 Å². The van der Waals surface area contributed by atoms with E-state index in [-0.39, 0.29) is 5.95 Å². The lowest BCUT2D eigenvalue weighted by Gasteiger charge is -2.33. The molecule has 4 N–H and O–H groups in total. The van der Waals surface area contributed by atoms with E-state index < -0.39 is 0 Å². The topological polar surface area (TPSA) is 112 Å². The lowest BCUT2D eigenvalue weighted by atomic mass is 9.94. The van der Waals surface area contributed by atoms with Crippen LogP contribution in [-0.4, -0.2) is 43.0 Å². The first-order valence-electron chi connectivity index (χ1n) is 8.91. The first kappa shape index (κ1) is 15.1. The van der Waals surface area contributed by atoms with Crippen LogP contribution < -0.4 is 10.6 Å². The van der Waals surface area contributed by atoms with E-state index in [0.717, 1.165) is 54.1 Å². The van der Waals surface area contributed by atoms with Crippen molar-refractivity contribution < 1.29 is 0 Å². The lowest BCUT2D eigenvalue weighted by Crippen LogP contribution is -2.37. The molecule has 1 fully saturated rings. The van der Waals surface area contributed by atoms with Crippen LogP contribution in [-0.2, 0) is 6.42 Å². The van der Waals surface area contributed by atoms with Gasteiger partial charge >= 0.3 is 0 Å². The van der Waals surface area contributed by atoms with Gasteiger partial charge in [-0.3, -0.25) is 0 Å². The normalized spacial score (nSPS) is 18.0. The summed E-state index contributed by atoms with van der Waals surface area (Å²) in [5.41, 5.74) is 9.46. The molecule has 0 bridgehead atoms. The number of nitrogen functional groups attached to an aromatic ring is 1. The maximum absolute atomic E-state index is 5.87. The second-order valence-corrected chi connectivity index (χ2v) is 6.87. The molecule has 0 spiro atoms. The van der Waals surface area contributed by atoms with Crippen LogP contribution in [0.3, 0.4) is 0 Å². The minimum Gasteiger partial charge on any atom is -0.368 e. The molecule has 0 saturated carbocycles. The van der Waals surface area contributed by atoms with E-state index in [2.05, 4.69) is 35.9 Å². The number of aromatic nitrogens is 6. The zero-order valence-electron chi connectivity index (χ0n) is 14.3. The number of para-hydroxylation sites is 2. The van der Waals surface area contributed by atoms with Crippen molar-refractivity contribution in [3.8, 4) is 0 Å². The van der Waals surface area contributed by atoms with Gasteiger partial charge in [-0.1, -0.05) is 12.1 Å². The number of hydrogen-bond donors (Lipinski definition) is 3. The molecule has 1 aromatic carbocycles. The molecule has 8 heteroatoms. The average molecular weight is 348 g/mol. The van der Waals surface area contributed by atoms with Gasteiger partial charge in [-0.2, -0.15) is 9.97 Å². The fourth-order valence-electron chi connectivity index (χ4n) is 3.86. The Bertz CT molecular complexity index is 1030. The molecule has 5 rings (SSSR count). The molecule has 0 radical (unpaired) electrons. The minimum absolute atomic E-state index is 0.263. The van der Waals surface area contributed by atoms with Crippen molar-refractivity contribution in [2.24, 2.45) is 5.92 Å². The Balaban J connectivity index is 1.39. The Morgan fingerprint density at radius 2 is 2.12 bits per heavy atom. The Kier molecular flexibility index (Phi) is 3.48. The van der Waals surface area contributed by atoms with Gasteiger partial charge in [0.1, 0.15) is 11.3 Å². The summed E-state index contributed by atoms with van der Waals surface area (Å²) in [5, 5.41) is 0. The van der Waals surface area contributed by atoms with Crippen LogP contribution >= 0.6 is 0 Å². The van der Waals surface area contributed by atoms with Crippen LogP contribution in [0.5, 0.6) is 0 Å². The second kappa shape index (κ2) is 5.98. The molecule has 4 heterocycles. The standard InChI is InChI=1S/C18H20N8/c19-18-24-16-15(20-10-21-16)17(25-18)26-7-3-4-11(9-26)8-14-22-12-5-1-2-6-13(12)23-14/h1-2,5-6,10-11H,3-4,7-9H2,(H,22,23)(H3,19,20,21,24,25)/t11-/m1/s1. The summed E-state index contributed by atoms with van der Waals surface area (Å²) in [6.07, 6.45) is 4.86. The third kappa shape index (κ3) is 2.63. The highest BCUT2D eigenvalue weighted by molar-refractivity contribution is 5.84. The highest BCUT2D eigenvalue weighted by atomic mass is 15.2. The maximum atomic E-state index is 5.87. The number of fused-ring (bicyclic) bond motifs is 2.